The Hall–Kier alpha value is -1.38. The van der Waals surface area contributed by atoms with Gasteiger partial charge in [0.1, 0.15) is 5.82 Å². The summed E-state index contributed by atoms with van der Waals surface area (Å²) < 4.78 is 13.1. The van der Waals surface area contributed by atoms with Crippen molar-refractivity contribution in [3.05, 3.63) is 29.6 Å². The lowest BCUT2D eigenvalue weighted by Crippen LogP contribution is -2.34. The van der Waals surface area contributed by atoms with Crippen molar-refractivity contribution >= 4 is 12.0 Å². The van der Waals surface area contributed by atoms with Gasteiger partial charge in [0.15, 0.2) is 6.29 Å². The van der Waals surface area contributed by atoms with Crippen LogP contribution in [-0.2, 0) is 0 Å². The molecular weight excluding hydrogens is 217 g/mol. The first-order valence-corrected chi connectivity index (χ1v) is 5.97. The van der Waals surface area contributed by atoms with Crippen molar-refractivity contribution in [2.45, 2.75) is 33.7 Å². The summed E-state index contributed by atoms with van der Waals surface area (Å²) in [4.78, 5) is 13.1. The second-order valence-corrected chi connectivity index (χ2v) is 4.96. The third kappa shape index (κ3) is 3.55. The number of benzene rings is 1. The van der Waals surface area contributed by atoms with Crippen LogP contribution in [0.15, 0.2) is 18.2 Å². The Balaban J connectivity index is 3.13. The van der Waals surface area contributed by atoms with Gasteiger partial charge >= 0.3 is 0 Å². The molecule has 2 nitrogen and oxygen atoms in total. The Bertz CT molecular complexity index is 388. The summed E-state index contributed by atoms with van der Waals surface area (Å²) >= 11 is 0. The van der Waals surface area contributed by atoms with Crippen LogP contribution in [0, 0.1) is 11.7 Å². The highest BCUT2D eigenvalue weighted by Gasteiger charge is 2.15. The molecule has 1 rings (SSSR count). The molecule has 0 aromatic heterocycles. The van der Waals surface area contributed by atoms with E-state index in [4.69, 9.17) is 0 Å². The van der Waals surface area contributed by atoms with E-state index >= 15 is 0 Å². The van der Waals surface area contributed by atoms with Gasteiger partial charge in [0.25, 0.3) is 0 Å². The summed E-state index contributed by atoms with van der Waals surface area (Å²) in [7, 11) is 0. The van der Waals surface area contributed by atoms with Crippen molar-refractivity contribution in [3.63, 3.8) is 0 Å². The van der Waals surface area contributed by atoms with Gasteiger partial charge in [-0.3, -0.25) is 4.79 Å². The summed E-state index contributed by atoms with van der Waals surface area (Å²) in [6.45, 7) is 9.24. The van der Waals surface area contributed by atoms with Gasteiger partial charge in [0.05, 0.1) is 0 Å². The second-order valence-electron chi connectivity index (χ2n) is 4.96. The third-order valence-electron chi connectivity index (χ3n) is 2.61. The van der Waals surface area contributed by atoms with Gasteiger partial charge in [0.2, 0.25) is 0 Å². The van der Waals surface area contributed by atoms with Gasteiger partial charge in [-0.2, -0.15) is 0 Å². The molecule has 0 aliphatic heterocycles. The Morgan fingerprint density at radius 3 is 2.41 bits per heavy atom. The van der Waals surface area contributed by atoms with Gasteiger partial charge in [0, 0.05) is 23.8 Å². The van der Waals surface area contributed by atoms with E-state index in [9.17, 15) is 9.18 Å². The number of hydrogen-bond acceptors (Lipinski definition) is 2. The standard InChI is InChI=1S/C14H20FNO/c1-10(2)8-16(11(3)4)14-6-5-13(15)7-12(14)9-17/h5-7,9-11H,8H2,1-4H3. The highest BCUT2D eigenvalue weighted by Crippen LogP contribution is 2.23. The quantitative estimate of drug-likeness (QED) is 0.730. The smallest absolute Gasteiger partial charge is 0.152 e. The molecule has 3 heteroatoms. The van der Waals surface area contributed by atoms with E-state index < -0.39 is 0 Å². The molecule has 0 aliphatic carbocycles. The minimum atomic E-state index is -0.371. The minimum absolute atomic E-state index is 0.279. The molecule has 1 aromatic rings. The van der Waals surface area contributed by atoms with Crippen LogP contribution in [0.2, 0.25) is 0 Å². The van der Waals surface area contributed by atoms with Gasteiger partial charge in [-0.15, -0.1) is 0 Å². The Morgan fingerprint density at radius 2 is 1.94 bits per heavy atom. The topological polar surface area (TPSA) is 20.3 Å². The first-order valence-electron chi connectivity index (χ1n) is 5.97. The van der Waals surface area contributed by atoms with E-state index in [0.29, 0.717) is 17.8 Å². The van der Waals surface area contributed by atoms with E-state index in [0.717, 1.165) is 12.2 Å². The Labute approximate surface area is 102 Å². The molecule has 17 heavy (non-hydrogen) atoms. The fourth-order valence-electron chi connectivity index (χ4n) is 1.86. The molecule has 0 amide bonds. The van der Waals surface area contributed by atoms with Crippen LogP contribution >= 0.6 is 0 Å². The molecular formula is C14H20FNO. The minimum Gasteiger partial charge on any atom is -0.368 e. The molecule has 94 valence electrons. The van der Waals surface area contributed by atoms with E-state index in [-0.39, 0.29) is 11.9 Å². The largest absolute Gasteiger partial charge is 0.368 e. The van der Waals surface area contributed by atoms with Gasteiger partial charge in [-0.1, -0.05) is 13.8 Å². The van der Waals surface area contributed by atoms with Crippen molar-refractivity contribution in [1.29, 1.82) is 0 Å². The monoisotopic (exact) mass is 237 g/mol. The highest BCUT2D eigenvalue weighted by molar-refractivity contribution is 5.84. The molecule has 0 spiro atoms. The maximum absolute atomic E-state index is 13.1. The predicted molar refractivity (Wildman–Crippen MR) is 69.1 cm³/mol. The molecule has 0 fully saturated rings. The molecule has 0 heterocycles. The third-order valence-corrected chi connectivity index (χ3v) is 2.61. The lowest BCUT2D eigenvalue weighted by molar-refractivity contribution is 0.112. The van der Waals surface area contributed by atoms with Crippen LogP contribution in [0.4, 0.5) is 10.1 Å². The molecule has 1 aromatic carbocycles. The lowest BCUT2D eigenvalue weighted by atomic mass is 10.1. The number of anilines is 1. The lowest BCUT2D eigenvalue weighted by Gasteiger charge is -2.31. The number of carbonyl (C=O) groups excluding carboxylic acids is 1. The fourth-order valence-corrected chi connectivity index (χ4v) is 1.86. The average molecular weight is 237 g/mol. The summed E-state index contributed by atoms with van der Waals surface area (Å²) in [6.07, 6.45) is 0.716. The number of rotatable bonds is 5. The Morgan fingerprint density at radius 1 is 1.29 bits per heavy atom. The number of halogens is 1. The number of nitrogens with zero attached hydrogens (tertiary/aromatic N) is 1. The summed E-state index contributed by atoms with van der Waals surface area (Å²) in [5.74, 6) is 0.117. The summed E-state index contributed by atoms with van der Waals surface area (Å²) in [6, 6.07) is 4.65. The average Bonchev–Trinajstić information content (AvgIpc) is 2.25. The SMILES string of the molecule is CC(C)CN(c1ccc(F)cc1C=O)C(C)C. The van der Waals surface area contributed by atoms with Gasteiger partial charge in [-0.25, -0.2) is 4.39 Å². The first-order chi connectivity index (χ1) is 7.95. The molecule has 0 N–H and O–H groups in total. The molecule has 0 atom stereocenters. The van der Waals surface area contributed by atoms with Gasteiger partial charge < -0.3 is 4.90 Å². The molecule has 0 saturated heterocycles. The fraction of sp³-hybridized carbons (Fsp3) is 0.500. The second kappa shape index (κ2) is 5.80. The molecule has 0 radical (unpaired) electrons. The first kappa shape index (κ1) is 13.7. The van der Waals surface area contributed by atoms with Crippen LogP contribution in [0.5, 0.6) is 0 Å². The van der Waals surface area contributed by atoms with Crippen molar-refractivity contribution < 1.29 is 9.18 Å². The van der Waals surface area contributed by atoms with E-state index in [1.807, 2.05) is 0 Å². The maximum Gasteiger partial charge on any atom is 0.152 e. The van der Waals surface area contributed by atoms with E-state index in [1.54, 1.807) is 6.07 Å². The van der Waals surface area contributed by atoms with Crippen LogP contribution in [0.3, 0.4) is 0 Å². The zero-order chi connectivity index (χ0) is 13.0. The summed E-state index contributed by atoms with van der Waals surface area (Å²) in [5, 5.41) is 0. The van der Waals surface area contributed by atoms with Crippen LogP contribution in [0.25, 0.3) is 0 Å². The predicted octanol–water partition coefficient (Wildman–Crippen LogP) is 3.51. The van der Waals surface area contributed by atoms with Crippen LogP contribution in [-0.4, -0.2) is 18.9 Å². The zero-order valence-electron chi connectivity index (χ0n) is 10.9. The normalized spacial score (nSPS) is 11.0. The van der Waals surface area contributed by atoms with Crippen molar-refractivity contribution in [1.82, 2.24) is 0 Å². The molecule has 0 aliphatic rings. The van der Waals surface area contributed by atoms with Gasteiger partial charge in [-0.05, 0) is 38.0 Å². The summed E-state index contributed by atoms with van der Waals surface area (Å²) in [5.41, 5.74) is 1.23. The molecule has 0 bridgehead atoms. The van der Waals surface area contributed by atoms with E-state index in [1.165, 1.54) is 12.1 Å². The number of carbonyl (C=O) groups is 1. The molecule has 0 unspecified atom stereocenters. The Kier molecular flexibility index (Phi) is 4.67. The number of hydrogen-bond donors (Lipinski definition) is 0. The van der Waals surface area contributed by atoms with Crippen molar-refractivity contribution in [2.24, 2.45) is 5.92 Å². The number of aldehydes is 1. The van der Waals surface area contributed by atoms with E-state index in [2.05, 4.69) is 32.6 Å². The zero-order valence-corrected chi connectivity index (χ0v) is 10.9. The van der Waals surface area contributed by atoms with Crippen molar-refractivity contribution in [3.8, 4) is 0 Å². The maximum atomic E-state index is 13.1. The van der Waals surface area contributed by atoms with Crippen LogP contribution in [0.1, 0.15) is 38.1 Å². The molecule has 0 saturated carbocycles. The van der Waals surface area contributed by atoms with Crippen molar-refractivity contribution in [2.75, 3.05) is 11.4 Å². The highest BCUT2D eigenvalue weighted by atomic mass is 19.1. The van der Waals surface area contributed by atoms with Crippen LogP contribution < -0.4 is 4.90 Å².